The van der Waals surface area contributed by atoms with Crippen LogP contribution in [0.3, 0.4) is 0 Å². The van der Waals surface area contributed by atoms with Gasteiger partial charge in [0, 0.05) is 11.6 Å². The average molecular weight is 234 g/mol. The van der Waals surface area contributed by atoms with Crippen LogP contribution < -0.4 is 4.74 Å². The third kappa shape index (κ3) is 3.94. The molecule has 0 fully saturated rings. The van der Waals surface area contributed by atoms with Crippen molar-refractivity contribution in [3.8, 4) is 5.75 Å². The summed E-state index contributed by atoms with van der Waals surface area (Å²) in [5.74, 6) is 0.178. The third-order valence-corrected chi connectivity index (χ3v) is 2.38. The minimum absolute atomic E-state index is 0.394. The summed E-state index contributed by atoms with van der Waals surface area (Å²) in [6.45, 7) is 4.12. The molecule has 0 saturated heterocycles. The van der Waals surface area contributed by atoms with Gasteiger partial charge in [0.25, 0.3) is 0 Å². The molecule has 0 aliphatic carbocycles. The molecule has 1 N–H and O–H groups in total. The highest BCUT2D eigenvalue weighted by Gasteiger charge is 2.11. The second-order valence-electron chi connectivity index (χ2n) is 4.31. The molecule has 0 unspecified atom stereocenters. The summed E-state index contributed by atoms with van der Waals surface area (Å²) in [5.41, 5.74) is 1.65. The Balaban J connectivity index is 3.17. The number of hydrogen-bond donors (Lipinski definition) is 1. The number of para-hydroxylation sites is 1. The summed E-state index contributed by atoms with van der Waals surface area (Å²) in [6, 6.07) is 7.48. The number of rotatable bonds is 5. The van der Waals surface area contributed by atoms with E-state index in [1.54, 1.807) is 7.11 Å². The zero-order valence-corrected chi connectivity index (χ0v) is 10.4. The standard InChI is InChI=1S/C14H18O3/c1-10(2)8-11(9-14(15)16)12-6-4-5-7-13(12)17-3/h4-7,9-10H,8H2,1-3H3,(H,15,16)/b11-9+. The number of ether oxygens (including phenoxy) is 1. The molecule has 3 nitrogen and oxygen atoms in total. The van der Waals surface area contributed by atoms with Gasteiger partial charge in [-0.25, -0.2) is 4.79 Å². The predicted molar refractivity (Wildman–Crippen MR) is 68.1 cm³/mol. The summed E-state index contributed by atoms with van der Waals surface area (Å²) in [7, 11) is 1.59. The Labute approximate surface area is 102 Å². The SMILES string of the molecule is COc1ccccc1/C(=C/C(=O)O)CC(C)C. The first-order valence-electron chi connectivity index (χ1n) is 5.61. The van der Waals surface area contributed by atoms with Gasteiger partial charge >= 0.3 is 5.97 Å². The van der Waals surface area contributed by atoms with Crippen LogP contribution in [0, 0.1) is 5.92 Å². The molecule has 1 rings (SSSR count). The number of allylic oxidation sites excluding steroid dienone is 1. The van der Waals surface area contributed by atoms with Crippen molar-refractivity contribution >= 4 is 11.5 Å². The van der Waals surface area contributed by atoms with Gasteiger partial charge in [0.1, 0.15) is 5.75 Å². The molecule has 0 bridgehead atoms. The van der Waals surface area contributed by atoms with E-state index in [4.69, 9.17) is 9.84 Å². The molecule has 0 aliphatic heterocycles. The molecule has 0 spiro atoms. The van der Waals surface area contributed by atoms with Crippen molar-refractivity contribution in [1.82, 2.24) is 0 Å². The molecule has 0 radical (unpaired) electrons. The Hall–Kier alpha value is -1.77. The minimum atomic E-state index is -0.924. The maximum atomic E-state index is 10.8. The Kier molecular flexibility index (Phi) is 4.76. The second-order valence-corrected chi connectivity index (χ2v) is 4.31. The largest absolute Gasteiger partial charge is 0.496 e. The molecule has 0 atom stereocenters. The summed E-state index contributed by atoms with van der Waals surface area (Å²) >= 11 is 0. The highest BCUT2D eigenvalue weighted by atomic mass is 16.5. The summed E-state index contributed by atoms with van der Waals surface area (Å²) < 4.78 is 5.26. The molecule has 1 aromatic rings. The van der Waals surface area contributed by atoms with Gasteiger partial charge in [0.05, 0.1) is 7.11 Å². The van der Waals surface area contributed by atoms with E-state index >= 15 is 0 Å². The number of carboxylic acids is 1. The molecular formula is C14H18O3. The van der Waals surface area contributed by atoms with Crippen LogP contribution >= 0.6 is 0 Å². The Bertz CT molecular complexity index is 419. The van der Waals surface area contributed by atoms with Crippen molar-refractivity contribution in [2.24, 2.45) is 5.92 Å². The number of carboxylic acid groups (broad SMARTS) is 1. The fraction of sp³-hybridized carbons (Fsp3) is 0.357. The van der Waals surface area contributed by atoms with E-state index in [2.05, 4.69) is 13.8 Å². The van der Waals surface area contributed by atoms with Crippen LogP contribution in [0.5, 0.6) is 5.75 Å². The molecule has 0 aromatic heterocycles. The van der Waals surface area contributed by atoms with E-state index in [1.165, 1.54) is 6.08 Å². The van der Waals surface area contributed by atoms with Crippen molar-refractivity contribution in [3.63, 3.8) is 0 Å². The van der Waals surface area contributed by atoms with Crippen molar-refractivity contribution in [2.75, 3.05) is 7.11 Å². The molecular weight excluding hydrogens is 216 g/mol. The van der Waals surface area contributed by atoms with E-state index in [0.29, 0.717) is 18.1 Å². The maximum Gasteiger partial charge on any atom is 0.328 e. The zero-order valence-electron chi connectivity index (χ0n) is 10.4. The van der Waals surface area contributed by atoms with Crippen LogP contribution in [0.25, 0.3) is 5.57 Å². The predicted octanol–water partition coefficient (Wildman–Crippen LogP) is 3.21. The van der Waals surface area contributed by atoms with E-state index in [-0.39, 0.29) is 0 Å². The first-order chi connectivity index (χ1) is 8.04. The van der Waals surface area contributed by atoms with E-state index < -0.39 is 5.97 Å². The number of carbonyl (C=O) groups is 1. The lowest BCUT2D eigenvalue weighted by Crippen LogP contribution is -1.99. The van der Waals surface area contributed by atoms with Crippen LogP contribution in [-0.4, -0.2) is 18.2 Å². The van der Waals surface area contributed by atoms with E-state index in [0.717, 1.165) is 11.1 Å². The van der Waals surface area contributed by atoms with Crippen molar-refractivity contribution in [2.45, 2.75) is 20.3 Å². The fourth-order valence-electron chi connectivity index (χ4n) is 1.75. The first-order valence-corrected chi connectivity index (χ1v) is 5.61. The Morgan fingerprint density at radius 3 is 2.59 bits per heavy atom. The minimum Gasteiger partial charge on any atom is -0.496 e. The van der Waals surface area contributed by atoms with Gasteiger partial charge < -0.3 is 9.84 Å². The maximum absolute atomic E-state index is 10.8. The average Bonchev–Trinajstić information content (AvgIpc) is 2.27. The number of hydrogen-bond acceptors (Lipinski definition) is 2. The Morgan fingerprint density at radius 2 is 2.06 bits per heavy atom. The first kappa shape index (κ1) is 13.3. The third-order valence-electron chi connectivity index (χ3n) is 2.38. The molecule has 0 heterocycles. The highest BCUT2D eigenvalue weighted by molar-refractivity contribution is 5.91. The topological polar surface area (TPSA) is 46.5 Å². The number of benzene rings is 1. The quantitative estimate of drug-likeness (QED) is 0.796. The van der Waals surface area contributed by atoms with Gasteiger partial charge in [-0.15, -0.1) is 0 Å². The smallest absolute Gasteiger partial charge is 0.328 e. The summed E-state index contributed by atoms with van der Waals surface area (Å²) in [5, 5.41) is 8.90. The van der Waals surface area contributed by atoms with Crippen LogP contribution in [0.15, 0.2) is 30.3 Å². The monoisotopic (exact) mass is 234 g/mol. The summed E-state index contributed by atoms with van der Waals surface area (Å²) in [6.07, 6.45) is 1.98. The van der Waals surface area contributed by atoms with Gasteiger partial charge in [-0.05, 0) is 24.0 Å². The highest BCUT2D eigenvalue weighted by Crippen LogP contribution is 2.30. The molecule has 0 aliphatic rings. The zero-order chi connectivity index (χ0) is 12.8. The molecule has 0 amide bonds. The lowest BCUT2D eigenvalue weighted by Gasteiger charge is -2.13. The van der Waals surface area contributed by atoms with Crippen LogP contribution in [0.1, 0.15) is 25.8 Å². The van der Waals surface area contributed by atoms with Crippen LogP contribution in [0.4, 0.5) is 0 Å². The van der Waals surface area contributed by atoms with E-state index in [1.807, 2.05) is 24.3 Å². The van der Waals surface area contributed by atoms with Gasteiger partial charge in [-0.3, -0.25) is 0 Å². The summed E-state index contributed by atoms with van der Waals surface area (Å²) in [4.78, 5) is 10.8. The molecule has 92 valence electrons. The van der Waals surface area contributed by atoms with Crippen molar-refractivity contribution < 1.29 is 14.6 Å². The molecule has 3 heteroatoms. The molecule has 17 heavy (non-hydrogen) atoms. The van der Waals surface area contributed by atoms with Gasteiger partial charge in [0.2, 0.25) is 0 Å². The second kappa shape index (κ2) is 6.09. The molecule has 1 aromatic carbocycles. The normalized spacial score (nSPS) is 11.6. The van der Waals surface area contributed by atoms with Crippen LogP contribution in [-0.2, 0) is 4.79 Å². The van der Waals surface area contributed by atoms with Crippen molar-refractivity contribution in [3.05, 3.63) is 35.9 Å². The van der Waals surface area contributed by atoms with Gasteiger partial charge in [-0.2, -0.15) is 0 Å². The number of methoxy groups -OCH3 is 1. The Morgan fingerprint density at radius 1 is 1.41 bits per heavy atom. The van der Waals surface area contributed by atoms with Gasteiger partial charge in [-0.1, -0.05) is 32.0 Å². The number of aliphatic carboxylic acids is 1. The lowest BCUT2D eigenvalue weighted by molar-refractivity contribution is -0.131. The van der Waals surface area contributed by atoms with Crippen molar-refractivity contribution in [1.29, 1.82) is 0 Å². The van der Waals surface area contributed by atoms with E-state index in [9.17, 15) is 4.79 Å². The lowest BCUT2D eigenvalue weighted by atomic mass is 9.95. The van der Waals surface area contributed by atoms with Gasteiger partial charge in [0.15, 0.2) is 0 Å². The van der Waals surface area contributed by atoms with Crippen LogP contribution in [0.2, 0.25) is 0 Å². The fourth-order valence-corrected chi connectivity index (χ4v) is 1.75. The molecule has 0 saturated carbocycles.